The Morgan fingerprint density at radius 2 is 0.538 bits per heavy atom. The van der Waals surface area contributed by atoms with E-state index >= 15 is 0 Å². The maximum absolute atomic E-state index is 13.1. The summed E-state index contributed by atoms with van der Waals surface area (Å²) >= 11 is 0. The van der Waals surface area contributed by atoms with Crippen LogP contribution in [0.4, 0.5) is 0 Å². The van der Waals surface area contributed by atoms with Gasteiger partial charge in [0.15, 0.2) is 12.2 Å². The van der Waals surface area contributed by atoms with Crippen molar-refractivity contribution in [3.8, 4) is 0 Å². The number of unbranched alkanes of at least 4 members (excludes halogenated alkanes) is 28. The molecule has 0 rings (SSSR count). The lowest BCUT2D eigenvalue weighted by molar-refractivity contribution is -0.161. The third kappa shape index (κ3) is 75.4. The second-order valence-corrected chi connectivity index (χ2v) is 29.5. The minimum Gasteiger partial charge on any atom is -0.462 e. The van der Waals surface area contributed by atoms with Crippen molar-refractivity contribution in [3.63, 3.8) is 0 Å². The Labute approximate surface area is 631 Å². The highest BCUT2D eigenvalue weighted by atomic mass is 31.2. The van der Waals surface area contributed by atoms with Gasteiger partial charge in [0.25, 0.3) is 0 Å². The molecule has 0 bridgehead atoms. The fourth-order valence-electron chi connectivity index (χ4n) is 10.6. The molecule has 0 amide bonds. The number of hydrogen-bond acceptors (Lipinski definition) is 15. The van der Waals surface area contributed by atoms with Gasteiger partial charge in [-0.3, -0.25) is 37.3 Å². The van der Waals surface area contributed by atoms with E-state index in [1.807, 2.05) is 12.2 Å². The van der Waals surface area contributed by atoms with Gasteiger partial charge in [0.05, 0.1) is 32.8 Å². The summed E-state index contributed by atoms with van der Waals surface area (Å²) in [6.45, 7) is 4.51. The molecule has 596 valence electrons. The van der Waals surface area contributed by atoms with Gasteiger partial charge in [0, 0.05) is 19.3 Å². The summed E-state index contributed by atoms with van der Waals surface area (Å²) in [4.78, 5) is 73.0. The van der Waals surface area contributed by atoms with Gasteiger partial charge in [-0.2, -0.15) is 0 Å². The van der Waals surface area contributed by atoms with E-state index in [4.69, 9.17) is 37.0 Å². The Morgan fingerprint density at radius 3 is 0.875 bits per heavy atom. The molecular formula is C85H144O17P2. The largest absolute Gasteiger partial charge is 0.472 e. The van der Waals surface area contributed by atoms with Crippen LogP contribution in [0.3, 0.4) is 0 Å². The topological polar surface area (TPSA) is 237 Å². The van der Waals surface area contributed by atoms with Crippen LogP contribution < -0.4 is 0 Å². The molecule has 0 aromatic heterocycles. The molecule has 0 aromatic rings. The Kier molecular flexibility index (Phi) is 72.9. The van der Waals surface area contributed by atoms with Crippen LogP contribution in [0.5, 0.6) is 0 Å². The highest BCUT2D eigenvalue weighted by Crippen LogP contribution is 2.45. The van der Waals surface area contributed by atoms with Gasteiger partial charge < -0.3 is 33.8 Å². The van der Waals surface area contributed by atoms with Crippen LogP contribution in [0.25, 0.3) is 0 Å². The first-order chi connectivity index (χ1) is 50.7. The van der Waals surface area contributed by atoms with Crippen molar-refractivity contribution in [2.24, 2.45) is 0 Å². The third-order valence-corrected chi connectivity index (χ3v) is 18.5. The van der Waals surface area contributed by atoms with Gasteiger partial charge in [-0.1, -0.05) is 309 Å². The first-order valence-electron chi connectivity index (χ1n) is 40.4. The molecular weight excluding hydrogens is 1350 g/mol. The summed E-state index contributed by atoms with van der Waals surface area (Å²) in [5.74, 6) is -2.34. The zero-order valence-corrected chi connectivity index (χ0v) is 66.9. The number of rotatable bonds is 75. The van der Waals surface area contributed by atoms with Gasteiger partial charge in [-0.25, -0.2) is 9.13 Å². The molecule has 3 N–H and O–H groups in total. The number of ether oxygens (including phenoxy) is 4. The van der Waals surface area contributed by atoms with E-state index in [0.29, 0.717) is 25.7 Å². The van der Waals surface area contributed by atoms with E-state index < -0.39 is 97.5 Å². The molecule has 5 unspecified atom stereocenters. The number of phosphoric ester groups is 2. The first kappa shape index (κ1) is 99.2. The number of phosphoric acid groups is 2. The van der Waals surface area contributed by atoms with E-state index in [1.165, 1.54) is 70.6 Å². The average Bonchev–Trinajstić information content (AvgIpc) is 0.925. The monoisotopic (exact) mass is 1500 g/mol. The lowest BCUT2D eigenvalue weighted by Crippen LogP contribution is -2.30. The van der Waals surface area contributed by atoms with Crippen molar-refractivity contribution in [1.29, 1.82) is 0 Å². The highest BCUT2D eigenvalue weighted by Gasteiger charge is 2.30. The number of aliphatic hydroxyl groups is 1. The molecule has 0 spiro atoms. The zero-order chi connectivity index (χ0) is 76.0. The van der Waals surface area contributed by atoms with Gasteiger partial charge in [0.1, 0.15) is 19.3 Å². The van der Waals surface area contributed by atoms with Crippen LogP contribution >= 0.6 is 15.6 Å². The standard InChI is InChI=1S/C85H144O17P2/c1-5-9-13-17-21-25-29-33-36-38-39-41-44-47-50-54-58-62-66-70-83(88)95-75-80(101-84(89)71-67-63-59-55-51-45-32-28-24-20-16-12-8-4)77-99-103(91,92)97-73-79(86)74-98-104(93,94)100-78-81(102-85(90)72-68-64-60-56-52-48-42-35-31-27-23-19-15-11-7-3)76-96-82(87)69-65-61-57-53-49-46-43-40-37-34-30-26-22-18-14-10-6-2/h10-11,14-15,21-23,25-27,33-37,39,41-42,52,56,64,68,79-81,86H,5-9,12-13,16-20,24,28-32,38,40,43-51,53-55,57-63,65-67,69-78H2,1-4H3,(H,91,92)(H,93,94)/b14-10-,15-11-,25-21-,26-22-,27-23-,36-33-,37-34-,41-39-,42-35-,56-52-,68-64-. The number of carbonyl (C=O) groups is 4. The summed E-state index contributed by atoms with van der Waals surface area (Å²) < 4.78 is 68.5. The van der Waals surface area contributed by atoms with Gasteiger partial charge in [-0.15, -0.1) is 0 Å². The maximum Gasteiger partial charge on any atom is 0.472 e. The molecule has 0 saturated heterocycles. The van der Waals surface area contributed by atoms with Crippen LogP contribution in [-0.4, -0.2) is 96.7 Å². The highest BCUT2D eigenvalue weighted by molar-refractivity contribution is 7.47. The molecule has 0 saturated carbocycles. The molecule has 5 atom stereocenters. The number of hydrogen-bond donors (Lipinski definition) is 3. The van der Waals surface area contributed by atoms with Crippen molar-refractivity contribution in [2.75, 3.05) is 39.6 Å². The lowest BCUT2D eigenvalue weighted by Gasteiger charge is -2.21. The average molecular weight is 1500 g/mol. The Bertz CT molecular complexity index is 2490. The molecule has 0 heterocycles. The minimum atomic E-state index is -5.01. The summed E-state index contributed by atoms with van der Waals surface area (Å²) in [5.41, 5.74) is 0. The van der Waals surface area contributed by atoms with Crippen molar-refractivity contribution in [2.45, 2.75) is 341 Å². The predicted molar refractivity (Wildman–Crippen MR) is 427 cm³/mol. The molecule has 0 aliphatic heterocycles. The molecule has 17 nitrogen and oxygen atoms in total. The van der Waals surface area contributed by atoms with Gasteiger partial charge >= 0.3 is 39.5 Å². The van der Waals surface area contributed by atoms with E-state index in [-0.39, 0.29) is 25.7 Å². The molecule has 0 aliphatic carbocycles. The van der Waals surface area contributed by atoms with Crippen LogP contribution in [0.1, 0.15) is 323 Å². The number of carbonyl (C=O) groups excluding carboxylic acids is 4. The molecule has 0 aromatic carbocycles. The van der Waals surface area contributed by atoms with Crippen LogP contribution in [-0.2, 0) is 65.4 Å². The SMILES string of the molecule is CC/C=C\C/C=C\C/C=C\C/C=C\C/C=C\CC(=O)OC(COC(=O)CCCCCCCCC/C=C\C/C=C\C/C=C\CC)COP(=O)(O)OCC(O)COP(=O)(O)OCC(COC(=O)CCCCCCCC/C=C\C/C=C\C/C=C\CCCCC)OC(=O)CCCCCCCCCCCCCCC. The van der Waals surface area contributed by atoms with Crippen molar-refractivity contribution >= 4 is 39.5 Å². The van der Waals surface area contributed by atoms with E-state index in [2.05, 4.69) is 137 Å². The minimum absolute atomic E-state index is 0.0902. The molecule has 19 heteroatoms. The molecule has 104 heavy (non-hydrogen) atoms. The van der Waals surface area contributed by atoms with Gasteiger partial charge in [-0.05, 0) is 122 Å². The molecule has 0 radical (unpaired) electrons. The fraction of sp³-hybridized carbons (Fsp3) is 0.694. The van der Waals surface area contributed by atoms with Crippen LogP contribution in [0, 0.1) is 0 Å². The maximum atomic E-state index is 13.1. The Balaban J connectivity index is 5.41. The van der Waals surface area contributed by atoms with Crippen LogP contribution in [0.15, 0.2) is 134 Å². The van der Waals surface area contributed by atoms with Crippen molar-refractivity contribution < 1.29 is 80.2 Å². The summed E-state index contributed by atoms with van der Waals surface area (Å²) in [5, 5.41) is 10.6. The smallest absolute Gasteiger partial charge is 0.462 e. The number of aliphatic hydroxyl groups excluding tert-OH is 1. The van der Waals surface area contributed by atoms with E-state index in [0.717, 1.165) is 173 Å². The Morgan fingerprint density at radius 1 is 0.288 bits per heavy atom. The normalized spacial score (nSPS) is 14.6. The fourth-order valence-corrected chi connectivity index (χ4v) is 12.1. The molecule has 0 fully saturated rings. The quantitative estimate of drug-likeness (QED) is 0.0169. The van der Waals surface area contributed by atoms with Crippen molar-refractivity contribution in [3.05, 3.63) is 134 Å². The van der Waals surface area contributed by atoms with E-state index in [1.54, 1.807) is 12.2 Å². The summed E-state index contributed by atoms with van der Waals surface area (Å²) in [7, 11) is -9.99. The van der Waals surface area contributed by atoms with Gasteiger partial charge in [0.2, 0.25) is 0 Å². The van der Waals surface area contributed by atoms with Crippen molar-refractivity contribution in [1.82, 2.24) is 0 Å². The number of esters is 4. The van der Waals surface area contributed by atoms with Crippen LogP contribution in [0.2, 0.25) is 0 Å². The first-order valence-corrected chi connectivity index (χ1v) is 43.4. The number of allylic oxidation sites excluding steroid dienone is 21. The van der Waals surface area contributed by atoms with E-state index in [9.17, 15) is 43.2 Å². The summed E-state index contributed by atoms with van der Waals surface area (Å²) in [6.07, 6.45) is 86.0. The second-order valence-electron chi connectivity index (χ2n) is 26.6. The Hall–Kier alpha value is -4.80. The molecule has 0 aliphatic rings. The predicted octanol–water partition coefficient (Wildman–Crippen LogP) is 23.7. The third-order valence-electron chi connectivity index (χ3n) is 16.6. The summed E-state index contributed by atoms with van der Waals surface area (Å²) in [6, 6.07) is 0. The zero-order valence-electron chi connectivity index (χ0n) is 65.2. The second kappa shape index (κ2) is 76.4. The lowest BCUT2D eigenvalue weighted by atomic mass is 10.0.